The Morgan fingerprint density at radius 1 is 0.958 bits per heavy atom. The summed E-state index contributed by atoms with van der Waals surface area (Å²) in [6.07, 6.45) is 1.89. The molecule has 5 nitrogen and oxygen atoms in total. The van der Waals surface area contributed by atoms with Crippen LogP contribution in [0.2, 0.25) is 6.04 Å². The Balaban J connectivity index is 2.11. The maximum absolute atomic E-state index is 5.94. The maximum atomic E-state index is 5.94. The monoisotopic (exact) mass is 350 g/mol. The van der Waals surface area contributed by atoms with Crippen molar-refractivity contribution in [2.45, 2.75) is 53.1 Å². The van der Waals surface area contributed by atoms with Crippen molar-refractivity contribution >= 4 is 19.8 Å². The average Bonchev–Trinajstić information content (AvgIpc) is 2.94. The van der Waals surface area contributed by atoms with Crippen LogP contribution in [0.5, 0.6) is 0 Å². The molecule has 0 aliphatic heterocycles. The summed E-state index contributed by atoms with van der Waals surface area (Å²) in [5.74, 6) is 1.13. The lowest BCUT2D eigenvalue weighted by Crippen LogP contribution is -2.46. The third kappa shape index (κ3) is 4.45. The van der Waals surface area contributed by atoms with E-state index in [4.69, 9.17) is 18.3 Å². The van der Waals surface area contributed by atoms with E-state index in [2.05, 4.69) is 29.7 Å². The van der Waals surface area contributed by atoms with E-state index in [0.29, 0.717) is 19.8 Å². The van der Waals surface area contributed by atoms with Gasteiger partial charge in [-0.2, -0.15) is 0 Å². The smallest absolute Gasteiger partial charge is 0.374 e. The summed E-state index contributed by atoms with van der Waals surface area (Å²) in [4.78, 5) is 4.74. The molecule has 0 saturated heterocycles. The maximum Gasteiger partial charge on any atom is 0.500 e. The van der Waals surface area contributed by atoms with Gasteiger partial charge in [0.15, 0.2) is 0 Å². The molecule has 0 fully saturated rings. The zero-order valence-electron chi connectivity index (χ0n) is 15.4. The molecule has 1 heterocycles. The number of benzene rings is 1. The molecule has 0 radical (unpaired) electrons. The summed E-state index contributed by atoms with van der Waals surface area (Å²) in [6.45, 7) is 10.9. The molecule has 0 aliphatic rings. The first-order chi connectivity index (χ1) is 11.7. The van der Waals surface area contributed by atoms with E-state index in [1.807, 2.05) is 26.8 Å². The first-order valence-electron chi connectivity index (χ1n) is 9.05. The van der Waals surface area contributed by atoms with Gasteiger partial charge >= 0.3 is 8.80 Å². The normalized spacial score (nSPS) is 12.2. The van der Waals surface area contributed by atoms with Crippen molar-refractivity contribution in [2.75, 3.05) is 19.8 Å². The predicted octanol–water partition coefficient (Wildman–Crippen LogP) is 4.04. The third-order valence-corrected chi connectivity index (χ3v) is 7.16. The summed E-state index contributed by atoms with van der Waals surface area (Å²) in [5, 5.41) is 0. The number of fused-ring (bicyclic) bond motifs is 1. The van der Waals surface area contributed by atoms with Crippen LogP contribution in [0, 0.1) is 0 Å². The first-order valence-corrected chi connectivity index (χ1v) is 11.0. The lowest BCUT2D eigenvalue weighted by atomic mass is 10.3. The number of hydrogen-bond acceptors (Lipinski definition) is 4. The number of rotatable bonds is 11. The van der Waals surface area contributed by atoms with Crippen LogP contribution in [-0.4, -0.2) is 38.2 Å². The summed E-state index contributed by atoms with van der Waals surface area (Å²) in [6, 6.07) is 9.15. The van der Waals surface area contributed by atoms with Crippen LogP contribution >= 0.6 is 0 Å². The number of aromatic nitrogens is 2. The fraction of sp³-hybridized carbons (Fsp3) is 0.611. The topological polar surface area (TPSA) is 45.5 Å². The zero-order valence-corrected chi connectivity index (χ0v) is 16.4. The Hall–Kier alpha value is -1.21. The zero-order chi connectivity index (χ0) is 17.4. The highest BCUT2D eigenvalue weighted by molar-refractivity contribution is 6.60. The van der Waals surface area contributed by atoms with Crippen molar-refractivity contribution in [1.29, 1.82) is 0 Å². The van der Waals surface area contributed by atoms with Crippen LogP contribution in [0.1, 0.15) is 39.9 Å². The Bertz CT molecular complexity index is 613. The summed E-state index contributed by atoms with van der Waals surface area (Å²) in [7, 11) is -2.56. The molecule has 0 aliphatic carbocycles. The van der Waals surface area contributed by atoms with Crippen LogP contribution < -0.4 is 0 Å². The molecule has 2 aromatic rings. The molecule has 134 valence electrons. The summed E-state index contributed by atoms with van der Waals surface area (Å²) in [5.41, 5.74) is 2.27. The molecule has 0 bridgehead atoms. The van der Waals surface area contributed by atoms with Crippen LogP contribution in [0.15, 0.2) is 24.3 Å². The molecular formula is C18H30N2O3Si. The van der Waals surface area contributed by atoms with E-state index in [1.54, 1.807) is 0 Å². The average molecular weight is 351 g/mol. The Kier molecular flexibility index (Phi) is 7.42. The van der Waals surface area contributed by atoms with Crippen molar-refractivity contribution in [3.05, 3.63) is 30.1 Å². The van der Waals surface area contributed by atoms with E-state index < -0.39 is 8.80 Å². The molecule has 1 aromatic carbocycles. The number of hydrogen-bond donors (Lipinski definition) is 0. The molecule has 0 amide bonds. The van der Waals surface area contributed by atoms with Gasteiger partial charge in [-0.15, -0.1) is 0 Å². The largest absolute Gasteiger partial charge is 0.500 e. The van der Waals surface area contributed by atoms with Gasteiger partial charge in [0.1, 0.15) is 5.82 Å². The lowest BCUT2D eigenvalue weighted by Gasteiger charge is -2.28. The highest BCUT2D eigenvalue weighted by Crippen LogP contribution is 2.22. The van der Waals surface area contributed by atoms with E-state index >= 15 is 0 Å². The molecule has 6 heteroatoms. The van der Waals surface area contributed by atoms with Crippen LogP contribution in [0.25, 0.3) is 11.0 Å². The van der Waals surface area contributed by atoms with Gasteiger partial charge in [-0.3, -0.25) is 0 Å². The third-order valence-electron chi connectivity index (χ3n) is 4.01. The van der Waals surface area contributed by atoms with Gasteiger partial charge in [-0.25, -0.2) is 4.98 Å². The standard InChI is InChI=1S/C18H30N2O3Si/c1-5-18-19-16-12-9-10-13-17(16)20(18)14-11-15-24(21-6-2,22-7-3)23-8-4/h9-10,12-13H,5-8,11,14-15H2,1-4H3. The fourth-order valence-corrected chi connectivity index (χ4v) is 5.69. The van der Waals surface area contributed by atoms with Gasteiger partial charge in [0.2, 0.25) is 0 Å². The molecule has 0 spiro atoms. The van der Waals surface area contributed by atoms with E-state index in [0.717, 1.165) is 36.8 Å². The van der Waals surface area contributed by atoms with Crippen LogP contribution in [0.4, 0.5) is 0 Å². The van der Waals surface area contributed by atoms with Crippen LogP contribution in [0.3, 0.4) is 0 Å². The minimum Gasteiger partial charge on any atom is -0.374 e. The van der Waals surface area contributed by atoms with Crippen molar-refractivity contribution in [3.8, 4) is 0 Å². The van der Waals surface area contributed by atoms with Crippen molar-refractivity contribution in [3.63, 3.8) is 0 Å². The van der Waals surface area contributed by atoms with Gasteiger partial charge in [0, 0.05) is 38.8 Å². The van der Waals surface area contributed by atoms with Crippen LogP contribution in [-0.2, 0) is 26.2 Å². The second kappa shape index (κ2) is 9.32. The molecule has 0 saturated carbocycles. The summed E-state index contributed by atoms with van der Waals surface area (Å²) < 4.78 is 20.1. The predicted molar refractivity (Wildman–Crippen MR) is 99.2 cm³/mol. The van der Waals surface area contributed by atoms with E-state index in [-0.39, 0.29) is 0 Å². The molecule has 0 atom stereocenters. The SMILES string of the molecule is CCO[Si](CCCn1c(CC)nc2ccccc21)(OCC)OCC. The lowest BCUT2D eigenvalue weighted by molar-refractivity contribution is 0.0705. The van der Waals surface area contributed by atoms with Crippen molar-refractivity contribution < 1.29 is 13.3 Å². The van der Waals surface area contributed by atoms with Gasteiger partial charge in [0.25, 0.3) is 0 Å². The minimum absolute atomic E-state index is 0.625. The van der Waals surface area contributed by atoms with Gasteiger partial charge < -0.3 is 17.8 Å². The molecule has 0 N–H and O–H groups in total. The van der Waals surface area contributed by atoms with Gasteiger partial charge in [-0.1, -0.05) is 19.1 Å². The number of aryl methyl sites for hydroxylation is 2. The second-order valence-corrected chi connectivity index (χ2v) is 8.34. The van der Waals surface area contributed by atoms with Gasteiger partial charge in [0.05, 0.1) is 11.0 Å². The molecule has 0 unspecified atom stereocenters. The number of nitrogens with zero attached hydrogens (tertiary/aromatic N) is 2. The number of para-hydroxylation sites is 2. The molecule has 2 rings (SSSR count). The minimum atomic E-state index is -2.56. The van der Waals surface area contributed by atoms with Crippen molar-refractivity contribution in [2.24, 2.45) is 0 Å². The molecule has 1 aromatic heterocycles. The van der Waals surface area contributed by atoms with Gasteiger partial charge in [-0.05, 0) is 39.3 Å². The van der Waals surface area contributed by atoms with Crippen molar-refractivity contribution in [1.82, 2.24) is 9.55 Å². The second-order valence-electron chi connectivity index (χ2n) is 5.61. The highest BCUT2D eigenvalue weighted by atomic mass is 28.4. The first kappa shape index (κ1) is 19.1. The van der Waals surface area contributed by atoms with E-state index in [9.17, 15) is 0 Å². The molecule has 24 heavy (non-hydrogen) atoms. The highest BCUT2D eigenvalue weighted by Gasteiger charge is 2.39. The Morgan fingerprint density at radius 3 is 2.17 bits per heavy atom. The summed E-state index contributed by atoms with van der Waals surface area (Å²) >= 11 is 0. The quantitative estimate of drug-likeness (QED) is 0.574. The Morgan fingerprint density at radius 2 is 1.58 bits per heavy atom. The number of imidazole rings is 1. The van der Waals surface area contributed by atoms with E-state index in [1.165, 1.54) is 5.52 Å². The molecular weight excluding hydrogens is 320 g/mol. The Labute approximate surface area is 146 Å². The fourth-order valence-electron chi connectivity index (χ4n) is 3.10.